The first-order chi connectivity index (χ1) is 16.5. The zero-order valence-corrected chi connectivity index (χ0v) is 20.4. The van der Waals surface area contributed by atoms with Crippen molar-refractivity contribution in [2.75, 3.05) is 10.7 Å². The van der Waals surface area contributed by atoms with E-state index in [9.17, 15) is 9.18 Å². The van der Waals surface area contributed by atoms with Gasteiger partial charge in [0.25, 0.3) is 0 Å². The fraction of sp³-hybridized carbons (Fsp3) is 0.192. The standard InChI is InChI=1S/C26H23FN4OS2/c1-17(2)15-30-25(18-9-3-4-10-19(18)27)28-29-26(30)33-16-24(32)31-20-11-5-7-13-22(20)34-23-14-8-6-12-21(23)31/h3-14,17H,15-16H2,1-2H3. The monoisotopic (exact) mass is 490 g/mol. The number of carbonyl (C=O) groups is 1. The third-order valence-corrected chi connectivity index (χ3v) is 7.47. The van der Waals surface area contributed by atoms with Crippen LogP contribution in [0.5, 0.6) is 0 Å². The van der Waals surface area contributed by atoms with Gasteiger partial charge in [0.15, 0.2) is 11.0 Å². The predicted octanol–water partition coefficient (Wildman–Crippen LogP) is 6.66. The third-order valence-electron chi connectivity index (χ3n) is 5.39. The molecule has 0 spiro atoms. The summed E-state index contributed by atoms with van der Waals surface area (Å²) in [6, 6.07) is 22.4. The van der Waals surface area contributed by atoms with Gasteiger partial charge in [0, 0.05) is 16.3 Å². The highest BCUT2D eigenvalue weighted by molar-refractivity contribution is 8.00. The van der Waals surface area contributed by atoms with Gasteiger partial charge in [-0.3, -0.25) is 9.69 Å². The Morgan fingerprint density at radius 1 is 0.941 bits per heavy atom. The number of fused-ring (bicyclic) bond motifs is 2. The Morgan fingerprint density at radius 3 is 2.21 bits per heavy atom. The number of para-hydroxylation sites is 2. The largest absolute Gasteiger partial charge is 0.302 e. The quantitative estimate of drug-likeness (QED) is 0.283. The lowest BCUT2D eigenvalue weighted by Gasteiger charge is -2.30. The number of amides is 1. The van der Waals surface area contributed by atoms with Crippen LogP contribution < -0.4 is 4.90 Å². The van der Waals surface area contributed by atoms with E-state index in [0.717, 1.165) is 21.2 Å². The molecule has 0 atom stereocenters. The molecule has 1 aromatic heterocycles. The molecule has 0 aliphatic carbocycles. The highest BCUT2D eigenvalue weighted by atomic mass is 32.2. The van der Waals surface area contributed by atoms with E-state index in [1.54, 1.807) is 34.9 Å². The molecule has 0 fully saturated rings. The molecule has 1 aliphatic rings. The molecule has 8 heteroatoms. The van der Waals surface area contributed by atoms with E-state index < -0.39 is 0 Å². The molecule has 0 N–H and O–H groups in total. The summed E-state index contributed by atoms with van der Waals surface area (Å²) >= 11 is 3.00. The van der Waals surface area contributed by atoms with Crippen LogP contribution in [0.1, 0.15) is 13.8 Å². The van der Waals surface area contributed by atoms with Crippen LogP contribution in [-0.4, -0.2) is 26.4 Å². The molecule has 172 valence electrons. The maximum Gasteiger partial charge on any atom is 0.242 e. The van der Waals surface area contributed by atoms with Crippen LogP contribution in [0.2, 0.25) is 0 Å². The maximum absolute atomic E-state index is 14.5. The van der Waals surface area contributed by atoms with Crippen LogP contribution in [0.15, 0.2) is 87.7 Å². The van der Waals surface area contributed by atoms with Crippen molar-refractivity contribution < 1.29 is 9.18 Å². The third kappa shape index (κ3) is 4.35. The normalized spacial score (nSPS) is 12.5. The number of nitrogens with zero attached hydrogens (tertiary/aromatic N) is 4. The number of thioether (sulfide) groups is 1. The summed E-state index contributed by atoms with van der Waals surface area (Å²) in [5.74, 6) is 0.574. The molecule has 1 aliphatic heterocycles. The van der Waals surface area contributed by atoms with Crippen LogP contribution in [-0.2, 0) is 11.3 Å². The molecule has 0 unspecified atom stereocenters. The van der Waals surface area contributed by atoms with Gasteiger partial charge < -0.3 is 4.57 Å². The molecule has 1 amide bonds. The van der Waals surface area contributed by atoms with Crippen LogP contribution in [0.3, 0.4) is 0 Å². The van der Waals surface area contributed by atoms with Gasteiger partial charge in [-0.2, -0.15) is 0 Å². The Morgan fingerprint density at radius 2 is 1.56 bits per heavy atom. The lowest BCUT2D eigenvalue weighted by atomic mass is 10.2. The minimum atomic E-state index is -0.341. The summed E-state index contributed by atoms with van der Waals surface area (Å²) in [4.78, 5) is 17.4. The smallest absolute Gasteiger partial charge is 0.242 e. The van der Waals surface area contributed by atoms with Gasteiger partial charge in [-0.15, -0.1) is 10.2 Å². The molecule has 0 saturated carbocycles. The predicted molar refractivity (Wildman–Crippen MR) is 135 cm³/mol. The second-order valence-electron chi connectivity index (χ2n) is 8.35. The average Bonchev–Trinajstić information content (AvgIpc) is 3.22. The molecule has 5 rings (SSSR count). The van der Waals surface area contributed by atoms with Gasteiger partial charge in [-0.1, -0.05) is 73.8 Å². The number of halogens is 1. The Hall–Kier alpha value is -3.10. The van der Waals surface area contributed by atoms with Gasteiger partial charge in [-0.05, 0) is 42.3 Å². The van der Waals surface area contributed by atoms with Crippen molar-refractivity contribution in [2.24, 2.45) is 5.92 Å². The molecule has 34 heavy (non-hydrogen) atoms. The lowest BCUT2D eigenvalue weighted by molar-refractivity contribution is -0.115. The van der Waals surface area contributed by atoms with Crippen molar-refractivity contribution in [3.63, 3.8) is 0 Å². The van der Waals surface area contributed by atoms with E-state index >= 15 is 0 Å². The van der Waals surface area contributed by atoms with E-state index in [2.05, 4.69) is 24.0 Å². The molecular formula is C26H23FN4OS2. The van der Waals surface area contributed by atoms with Gasteiger partial charge >= 0.3 is 0 Å². The van der Waals surface area contributed by atoms with E-state index in [4.69, 9.17) is 0 Å². The first-order valence-corrected chi connectivity index (χ1v) is 12.8. The van der Waals surface area contributed by atoms with Gasteiger partial charge in [0.05, 0.1) is 22.7 Å². The number of benzene rings is 3. The lowest BCUT2D eigenvalue weighted by Crippen LogP contribution is -2.30. The molecule has 3 aromatic carbocycles. The number of hydrogen-bond acceptors (Lipinski definition) is 5. The number of hydrogen-bond donors (Lipinski definition) is 0. The Bertz CT molecular complexity index is 1310. The summed E-state index contributed by atoms with van der Waals surface area (Å²) in [6.07, 6.45) is 0. The Kier molecular flexibility index (Phi) is 6.43. The zero-order valence-electron chi connectivity index (χ0n) is 18.8. The molecular weight excluding hydrogens is 467 g/mol. The van der Waals surface area contributed by atoms with Crippen molar-refractivity contribution in [3.8, 4) is 11.4 Å². The van der Waals surface area contributed by atoms with Crippen molar-refractivity contribution in [1.82, 2.24) is 14.8 Å². The summed E-state index contributed by atoms with van der Waals surface area (Å²) in [6.45, 7) is 4.80. The first-order valence-electron chi connectivity index (χ1n) is 11.0. The van der Waals surface area contributed by atoms with E-state index in [1.807, 2.05) is 53.1 Å². The second-order valence-corrected chi connectivity index (χ2v) is 10.4. The van der Waals surface area contributed by atoms with E-state index in [0.29, 0.717) is 29.0 Å². The summed E-state index contributed by atoms with van der Waals surface area (Å²) in [7, 11) is 0. The van der Waals surface area contributed by atoms with E-state index in [-0.39, 0.29) is 17.5 Å². The molecule has 2 heterocycles. The van der Waals surface area contributed by atoms with Crippen molar-refractivity contribution in [2.45, 2.75) is 35.3 Å². The van der Waals surface area contributed by atoms with Crippen LogP contribution in [0.4, 0.5) is 15.8 Å². The highest BCUT2D eigenvalue weighted by Crippen LogP contribution is 2.48. The topological polar surface area (TPSA) is 51.0 Å². The molecule has 0 bridgehead atoms. The van der Waals surface area contributed by atoms with Crippen molar-refractivity contribution in [1.29, 1.82) is 0 Å². The molecule has 0 saturated heterocycles. The van der Waals surface area contributed by atoms with Crippen molar-refractivity contribution >= 4 is 40.8 Å². The van der Waals surface area contributed by atoms with Gasteiger partial charge in [-0.25, -0.2) is 4.39 Å². The number of aromatic nitrogens is 3. The Balaban J connectivity index is 1.44. The number of anilines is 2. The maximum atomic E-state index is 14.5. The Labute approximate surface area is 206 Å². The fourth-order valence-electron chi connectivity index (χ4n) is 3.93. The number of rotatable bonds is 6. The molecule has 5 nitrogen and oxygen atoms in total. The summed E-state index contributed by atoms with van der Waals surface area (Å²) < 4.78 is 16.4. The summed E-state index contributed by atoms with van der Waals surface area (Å²) in [5.41, 5.74) is 2.17. The van der Waals surface area contributed by atoms with Crippen LogP contribution >= 0.6 is 23.5 Å². The van der Waals surface area contributed by atoms with Crippen LogP contribution in [0, 0.1) is 11.7 Å². The first kappa shape index (κ1) is 22.7. The minimum absolute atomic E-state index is 0.0447. The highest BCUT2D eigenvalue weighted by Gasteiger charge is 2.28. The molecule has 0 radical (unpaired) electrons. The van der Waals surface area contributed by atoms with Crippen molar-refractivity contribution in [3.05, 3.63) is 78.6 Å². The summed E-state index contributed by atoms with van der Waals surface area (Å²) in [5, 5.41) is 9.22. The number of carbonyl (C=O) groups excluding carboxylic acids is 1. The molecule has 4 aromatic rings. The van der Waals surface area contributed by atoms with Gasteiger partial charge in [0.2, 0.25) is 5.91 Å². The fourth-order valence-corrected chi connectivity index (χ4v) is 5.79. The zero-order chi connectivity index (χ0) is 23.7. The minimum Gasteiger partial charge on any atom is -0.302 e. The average molecular weight is 491 g/mol. The van der Waals surface area contributed by atoms with Crippen LogP contribution in [0.25, 0.3) is 11.4 Å². The van der Waals surface area contributed by atoms with Gasteiger partial charge in [0.1, 0.15) is 5.82 Å². The SMILES string of the molecule is CC(C)Cn1c(SCC(=O)N2c3ccccc3Sc3ccccc32)nnc1-c1ccccc1F. The second kappa shape index (κ2) is 9.64. The van der Waals surface area contributed by atoms with E-state index in [1.165, 1.54) is 17.8 Å².